The van der Waals surface area contributed by atoms with Gasteiger partial charge in [0.05, 0.1) is 17.5 Å². The van der Waals surface area contributed by atoms with E-state index in [4.69, 9.17) is 4.52 Å². The Morgan fingerprint density at radius 1 is 1.25 bits per heavy atom. The molecule has 6 nitrogen and oxygen atoms in total. The molecule has 0 bridgehead atoms. The molecule has 1 heterocycles. The van der Waals surface area contributed by atoms with Gasteiger partial charge in [-0.05, 0) is 31.5 Å². The van der Waals surface area contributed by atoms with Gasteiger partial charge in [-0.3, -0.25) is 9.59 Å². The third kappa shape index (κ3) is 5.69. The first kappa shape index (κ1) is 18.0. The van der Waals surface area contributed by atoms with Crippen molar-refractivity contribution in [3.63, 3.8) is 0 Å². The molecule has 1 atom stereocenters. The SMILES string of the molecule is Cc1cc(NC(=O)CSCC(=O)NC(C)c2ccc(F)cc2)no1. The first-order chi connectivity index (χ1) is 11.4. The number of nitrogens with one attached hydrogen (secondary N) is 2. The number of amides is 2. The number of carbonyl (C=O) groups is 2. The molecular weight excluding hydrogens is 333 g/mol. The molecular formula is C16H18FN3O3S. The number of anilines is 1. The fourth-order valence-corrected chi connectivity index (χ4v) is 2.59. The van der Waals surface area contributed by atoms with Crippen LogP contribution in [-0.2, 0) is 9.59 Å². The molecule has 0 saturated heterocycles. The highest BCUT2D eigenvalue weighted by atomic mass is 32.2. The molecule has 0 saturated carbocycles. The van der Waals surface area contributed by atoms with Crippen LogP contribution in [0.25, 0.3) is 0 Å². The second kappa shape index (κ2) is 8.49. The molecule has 0 spiro atoms. The van der Waals surface area contributed by atoms with Crippen LogP contribution in [0.15, 0.2) is 34.9 Å². The average molecular weight is 351 g/mol. The number of halogens is 1. The standard InChI is InChI=1S/C16H18FN3O3S/c1-10-7-14(20-23-10)19-16(22)9-24-8-15(21)18-11(2)12-3-5-13(17)6-4-12/h3-7,11H,8-9H2,1-2H3,(H,18,21)(H,19,20,22). The summed E-state index contributed by atoms with van der Waals surface area (Å²) < 4.78 is 17.7. The smallest absolute Gasteiger partial charge is 0.235 e. The van der Waals surface area contributed by atoms with E-state index in [2.05, 4.69) is 15.8 Å². The maximum absolute atomic E-state index is 12.9. The third-order valence-corrected chi connectivity index (χ3v) is 4.04. The van der Waals surface area contributed by atoms with Crippen molar-refractivity contribution < 1.29 is 18.5 Å². The van der Waals surface area contributed by atoms with Gasteiger partial charge in [0.1, 0.15) is 11.6 Å². The zero-order chi connectivity index (χ0) is 17.5. The average Bonchev–Trinajstić information content (AvgIpc) is 2.92. The molecule has 0 radical (unpaired) electrons. The lowest BCUT2D eigenvalue weighted by Gasteiger charge is -2.14. The molecule has 128 valence electrons. The topological polar surface area (TPSA) is 84.2 Å². The quantitative estimate of drug-likeness (QED) is 0.801. The summed E-state index contributed by atoms with van der Waals surface area (Å²) in [6.45, 7) is 3.54. The summed E-state index contributed by atoms with van der Waals surface area (Å²) in [6.07, 6.45) is 0. The van der Waals surface area contributed by atoms with Crippen molar-refractivity contribution in [1.29, 1.82) is 0 Å². The van der Waals surface area contributed by atoms with Gasteiger partial charge in [0.2, 0.25) is 11.8 Å². The number of hydrogen-bond donors (Lipinski definition) is 2. The summed E-state index contributed by atoms with van der Waals surface area (Å²) in [5.74, 6) is 0.469. The maximum Gasteiger partial charge on any atom is 0.235 e. The van der Waals surface area contributed by atoms with Crippen LogP contribution in [0, 0.1) is 12.7 Å². The predicted molar refractivity (Wildman–Crippen MR) is 90.2 cm³/mol. The number of carbonyl (C=O) groups excluding carboxylic acids is 2. The fraction of sp³-hybridized carbons (Fsp3) is 0.312. The first-order valence-corrected chi connectivity index (χ1v) is 8.45. The van der Waals surface area contributed by atoms with Gasteiger partial charge in [-0.2, -0.15) is 0 Å². The second-order valence-corrected chi connectivity index (χ2v) is 6.19. The van der Waals surface area contributed by atoms with E-state index in [1.807, 2.05) is 6.92 Å². The van der Waals surface area contributed by atoms with Crippen LogP contribution in [0.2, 0.25) is 0 Å². The van der Waals surface area contributed by atoms with E-state index in [1.54, 1.807) is 25.1 Å². The Labute approximate surface area is 143 Å². The second-order valence-electron chi connectivity index (χ2n) is 5.20. The van der Waals surface area contributed by atoms with Crippen molar-refractivity contribution in [2.24, 2.45) is 0 Å². The van der Waals surface area contributed by atoms with Gasteiger partial charge in [0, 0.05) is 6.07 Å². The van der Waals surface area contributed by atoms with Crippen molar-refractivity contribution in [2.45, 2.75) is 19.9 Å². The summed E-state index contributed by atoms with van der Waals surface area (Å²) in [5.41, 5.74) is 0.814. The van der Waals surface area contributed by atoms with Gasteiger partial charge in [-0.25, -0.2) is 4.39 Å². The van der Waals surface area contributed by atoms with Crippen molar-refractivity contribution in [1.82, 2.24) is 10.5 Å². The van der Waals surface area contributed by atoms with E-state index in [0.29, 0.717) is 11.6 Å². The van der Waals surface area contributed by atoms with E-state index < -0.39 is 0 Å². The van der Waals surface area contributed by atoms with Crippen molar-refractivity contribution >= 4 is 29.4 Å². The van der Waals surface area contributed by atoms with Gasteiger partial charge in [0.15, 0.2) is 5.82 Å². The highest BCUT2D eigenvalue weighted by Gasteiger charge is 2.11. The molecule has 1 aromatic carbocycles. The lowest BCUT2D eigenvalue weighted by atomic mass is 10.1. The van der Waals surface area contributed by atoms with Gasteiger partial charge < -0.3 is 15.2 Å². The number of hydrogen-bond acceptors (Lipinski definition) is 5. The number of aryl methyl sites for hydroxylation is 1. The Balaban J connectivity index is 1.69. The molecule has 2 N–H and O–H groups in total. The predicted octanol–water partition coefficient (Wildman–Crippen LogP) is 2.67. The maximum atomic E-state index is 12.9. The molecule has 8 heteroatoms. The molecule has 0 aliphatic rings. The summed E-state index contributed by atoms with van der Waals surface area (Å²) in [6, 6.07) is 7.33. The summed E-state index contributed by atoms with van der Waals surface area (Å²) in [7, 11) is 0. The van der Waals surface area contributed by atoms with E-state index in [-0.39, 0.29) is 35.2 Å². The van der Waals surface area contributed by atoms with Gasteiger partial charge in [-0.1, -0.05) is 17.3 Å². The molecule has 2 amide bonds. The minimum Gasteiger partial charge on any atom is -0.360 e. The Morgan fingerprint density at radius 3 is 2.54 bits per heavy atom. The molecule has 0 aliphatic carbocycles. The van der Waals surface area contributed by atoms with Gasteiger partial charge in [-0.15, -0.1) is 11.8 Å². The zero-order valence-electron chi connectivity index (χ0n) is 13.3. The molecule has 2 rings (SSSR count). The molecule has 1 aromatic heterocycles. The highest BCUT2D eigenvalue weighted by molar-refractivity contribution is 8.00. The third-order valence-electron chi connectivity index (χ3n) is 3.11. The van der Waals surface area contributed by atoms with Crippen molar-refractivity contribution in [3.8, 4) is 0 Å². The highest BCUT2D eigenvalue weighted by Crippen LogP contribution is 2.13. The van der Waals surface area contributed by atoms with E-state index in [1.165, 1.54) is 23.9 Å². The lowest BCUT2D eigenvalue weighted by molar-refractivity contribution is -0.119. The Bertz CT molecular complexity index is 703. The van der Waals surface area contributed by atoms with Crippen LogP contribution in [0.4, 0.5) is 10.2 Å². The fourth-order valence-electron chi connectivity index (χ4n) is 1.96. The van der Waals surface area contributed by atoms with Crippen molar-refractivity contribution in [3.05, 3.63) is 47.5 Å². The number of nitrogens with zero attached hydrogens (tertiary/aromatic N) is 1. The van der Waals surface area contributed by atoms with E-state index in [9.17, 15) is 14.0 Å². The molecule has 24 heavy (non-hydrogen) atoms. The molecule has 0 fully saturated rings. The summed E-state index contributed by atoms with van der Waals surface area (Å²) in [4.78, 5) is 23.6. The number of thioether (sulfide) groups is 1. The normalized spacial score (nSPS) is 11.8. The molecule has 2 aromatic rings. The van der Waals surface area contributed by atoms with Crippen molar-refractivity contribution in [2.75, 3.05) is 16.8 Å². The molecule has 1 unspecified atom stereocenters. The number of aromatic nitrogens is 1. The summed E-state index contributed by atoms with van der Waals surface area (Å²) in [5, 5.41) is 9.03. The van der Waals surface area contributed by atoms with E-state index >= 15 is 0 Å². The Hall–Kier alpha value is -2.35. The van der Waals surface area contributed by atoms with Crippen LogP contribution in [0.3, 0.4) is 0 Å². The minimum absolute atomic E-state index is 0.129. The Morgan fingerprint density at radius 2 is 1.92 bits per heavy atom. The van der Waals surface area contributed by atoms with E-state index in [0.717, 1.165) is 5.56 Å². The van der Waals surface area contributed by atoms with Gasteiger partial charge in [0.25, 0.3) is 0 Å². The Kier molecular flexibility index (Phi) is 6.36. The zero-order valence-corrected chi connectivity index (χ0v) is 14.2. The van der Waals surface area contributed by atoms with Crippen LogP contribution < -0.4 is 10.6 Å². The summed E-state index contributed by atoms with van der Waals surface area (Å²) >= 11 is 1.19. The van der Waals surface area contributed by atoms with Crippen LogP contribution in [0.5, 0.6) is 0 Å². The van der Waals surface area contributed by atoms with Gasteiger partial charge >= 0.3 is 0 Å². The number of rotatable bonds is 7. The monoisotopic (exact) mass is 351 g/mol. The lowest BCUT2D eigenvalue weighted by Crippen LogP contribution is -2.28. The van der Waals surface area contributed by atoms with Crippen LogP contribution >= 0.6 is 11.8 Å². The van der Waals surface area contributed by atoms with Crippen LogP contribution in [0.1, 0.15) is 24.3 Å². The molecule has 0 aliphatic heterocycles. The van der Waals surface area contributed by atoms with Crippen LogP contribution in [-0.4, -0.2) is 28.5 Å². The number of benzene rings is 1. The first-order valence-electron chi connectivity index (χ1n) is 7.30. The largest absolute Gasteiger partial charge is 0.360 e. The minimum atomic E-state index is -0.318.